The van der Waals surface area contributed by atoms with E-state index in [0.29, 0.717) is 11.9 Å². The van der Waals surface area contributed by atoms with Gasteiger partial charge in [-0.15, -0.1) is 0 Å². The molecule has 1 saturated heterocycles. The Kier molecular flexibility index (Phi) is 5.36. The summed E-state index contributed by atoms with van der Waals surface area (Å²) in [5.74, 6) is 1.06. The van der Waals surface area contributed by atoms with E-state index < -0.39 is 0 Å². The Balaban J connectivity index is 1.50. The molecule has 1 fully saturated rings. The maximum Gasteiger partial charge on any atom is 0.193 e. The number of hydrogen-bond donors (Lipinski definition) is 2. The lowest BCUT2D eigenvalue weighted by Gasteiger charge is -2.18. The number of aryl methyl sites for hydroxylation is 1. The zero-order valence-corrected chi connectivity index (χ0v) is 14.3. The molecule has 2 aromatic carbocycles. The van der Waals surface area contributed by atoms with E-state index >= 15 is 0 Å². The molecule has 1 atom stereocenters. The van der Waals surface area contributed by atoms with Crippen LogP contribution in [-0.2, 0) is 6.42 Å². The summed E-state index contributed by atoms with van der Waals surface area (Å²) < 4.78 is 0. The average Bonchev–Trinajstić information content (AvgIpc) is 3.10. The van der Waals surface area contributed by atoms with Crippen LogP contribution in [0.4, 0.5) is 11.4 Å². The molecular weight excluding hydrogens is 296 g/mol. The summed E-state index contributed by atoms with van der Waals surface area (Å²) in [6, 6.07) is 18.9. The molecule has 0 radical (unpaired) electrons. The normalized spacial score (nSPS) is 18.0. The van der Waals surface area contributed by atoms with Gasteiger partial charge in [0.1, 0.15) is 0 Å². The molecule has 126 valence electrons. The predicted octanol–water partition coefficient (Wildman–Crippen LogP) is 3.50. The van der Waals surface area contributed by atoms with E-state index in [0.717, 1.165) is 38.2 Å². The minimum absolute atomic E-state index is 0.498. The van der Waals surface area contributed by atoms with Gasteiger partial charge in [0.25, 0.3) is 0 Å². The van der Waals surface area contributed by atoms with Gasteiger partial charge < -0.3 is 16.0 Å². The molecule has 1 aliphatic heterocycles. The van der Waals surface area contributed by atoms with Crippen molar-refractivity contribution in [3.63, 3.8) is 0 Å². The fraction of sp³-hybridized carbons (Fsp3) is 0.350. The minimum atomic E-state index is 0.498. The Bertz CT molecular complexity index is 664. The van der Waals surface area contributed by atoms with Gasteiger partial charge in [-0.2, -0.15) is 0 Å². The summed E-state index contributed by atoms with van der Waals surface area (Å²) in [4.78, 5) is 6.95. The third-order valence-corrected chi connectivity index (χ3v) is 4.56. The van der Waals surface area contributed by atoms with Crippen LogP contribution in [0.5, 0.6) is 0 Å². The summed E-state index contributed by atoms with van der Waals surface area (Å²) in [6.07, 6.45) is 2.21. The summed E-state index contributed by atoms with van der Waals surface area (Å²) >= 11 is 0. The number of benzene rings is 2. The van der Waals surface area contributed by atoms with E-state index in [4.69, 9.17) is 5.73 Å². The van der Waals surface area contributed by atoms with Crippen molar-refractivity contribution in [2.75, 3.05) is 29.9 Å². The molecule has 1 heterocycles. The van der Waals surface area contributed by atoms with E-state index in [9.17, 15) is 0 Å². The zero-order valence-electron chi connectivity index (χ0n) is 14.3. The van der Waals surface area contributed by atoms with Crippen molar-refractivity contribution in [2.45, 2.75) is 19.8 Å². The molecule has 3 rings (SSSR count). The smallest absolute Gasteiger partial charge is 0.193 e. The highest BCUT2D eigenvalue weighted by molar-refractivity contribution is 5.92. The molecule has 1 unspecified atom stereocenters. The van der Waals surface area contributed by atoms with Crippen LogP contribution in [0, 0.1) is 5.92 Å². The second-order valence-corrected chi connectivity index (χ2v) is 6.34. The fourth-order valence-electron chi connectivity index (χ4n) is 3.09. The van der Waals surface area contributed by atoms with Crippen LogP contribution < -0.4 is 16.0 Å². The van der Waals surface area contributed by atoms with Gasteiger partial charge in [0.2, 0.25) is 0 Å². The molecule has 24 heavy (non-hydrogen) atoms. The lowest BCUT2D eigenvalue weighted by atomic mass is 10.1. The largest absolute Gasteiger partial charge is 0.371 e. The van der Waals surface area contributed by atoms with Crippen molar-refractivity contribution in [3.05, 3.63) is 60.2 Å². The van der Waals surface area contributed by atoms with Crippen molar-refractivity contribution >= 4 is 17.3 Å². The highest BCUT2D eigenvalue weighted by atomic mass is 15.2. The van der Waals surface area contributed by atoms with Crippen LogP contribution in [0.15, 0.2) is 59.6 Å². The third kappa shape index (κ3) is 4.28. The number of aliphatic imine (C=N–C) groups is 1. The second kappa shape index (κ2) is 7.86. The van der Waals surface area contributed by atoms with Crippen LogP contribution in [0.25, 0.3) is 0 Å². The van der Waals surface area contributed by atoms with Crippen molar-refractivity contribution < 1.29 is 0 Å². The number of nitrogens with one attached hydrogen (secondary N) is 1. The molecule has 0 aliphatic carbocycles. The van der Waals surface area contributed by atoms with Gasteiger partial charge in [0.15, 0.2) is 5.96 Å². The lowest BCUT2D eigenvalue weighted by molar-refractivity contribution is 0.603. The van der Waals surface area contributed by atoms with Gasteiger partial charge >= 0.3 is 0 Å². The molecule has 1 aliphatic rings. The van der Waals surface area contributed by atoms with Crippen LogP contribution in [-0.4, -0.2) is 25.6 Å². The predicted molar refractivity (Wildman–Crippen MR) is 103 cm³/mol. The Morgan fingerprint density at radius 1 is 1.17 bits per heavy atom. The van der Waals surface area contributed by atoms with E-state index in [-0.39, 0.29) is 0 Å². The van der Waals surface area contributed by atoms with Crippen LogP contribution in [0.3, 0.4) is 0 Å². The molecule has 0 spiro atoms. The highest BCUT2D eigenvalue weighted by Crippen LogP contribution is 2.23. The Morgan fingerprint density at radius 3 is 2.62 bits per heavy atom. The monoisotopic (exact) mass is 322 g/mol. The topological polar surface area (TPSA) is 53.6 Å². The SMILES string of the molecule is CCc1ccc(NC(N)=NCC2CCN(c3ccccc3)C2)cc1. The number of rotatable bonds is 5. The maximum absolute atomic E-state index is 6.03. The summed E-state index contributed by atoms with van der Waals surface area (Å²) in [7, 11) is 0. The lowest BCUT2D eigenvalue weighted by Crippen LogP contribution is -2.25. The number of hydrogen-bond acceptors (Lipinski definition) is 2. The molecule has 2 aromatic rings. The van der Waals surface area contributed by atoms with Crippen molar-refractivity contribution in [1.29, 1.82) is 0 Å². The molecule has 0 bridgehead atoms. The van der Waals surface area contributed by atoms with Crippen molar-refractivity contribution in [1.82, 2.24) is 0 Å². The van der Waals surface area contributed by atoms with Gasteiger partial charge in [0.05, 0.1) is 0 Å². The van der Waals surface area contributed by atoms with Crippen LogP contribution >= 0.6 is 0 Å². The van der Waals surface area contributed by atoms with Gasteiger partial charge in [-0.05, 0) is 48.6 Å². The molecule has 4 nitrogen and oxygen atoms in total. The zero-order chi connectivity index (χ0) is 16.8. The number of anilines is 2. The van der Waals surface area contributed by atoms with E-state index in [2.05, 4.69) is 64.6 Å². The van der Waals surface area contributed by atoms with Gasteiger partial charge in [-0.25, -0.2) is 0 Å². The molecule has 0 aromatic heterocycles. The second-order valence-electron chi connectivity index (χ2n) is 6.34. The van der Waals surface area contributed by atoms with Gasteiger partial charge in [-0.1, -0.05) is 37.3 Å². The average molecular weight is 322 g/mol. The Morgan fingerprint density at radius 2 is 1.92 bits per heavy atom. The highest BCUT2D eigenvalue weighted by Gasteiger charge is 2.22. The van der Waals surface area contributed by atoms with E-state index in [1.807, 2.05) is 12.1 Å². The summed E-state index contributed by atoms with van der Waals surface area (Å²) in [6.45, 7) is 5.07. The van der Waals surface area contributed by atoms with Crippen LogP contribution in [0.2, 0.25) is 0 Å². The quantitative estimate of drug-likeness (QED) is 0.654. The van der Waals surface area contributed by atoms with Crippen molar-refractivity contribution in [2.24, 2.45) is 16.6 Å². The van der Waals surface area contributed by atoms with Gasteiger partial charge in [0, 0.05) is 31.0 Å². The third-order valence-electron chi connectivity index (χ3n) is 4.56. The van der Waals surface area contributed by atoms with E-state index in [1.165, 1.54) is 11.3 Å². The number of nitrogens with zero attached hydrogens (tertiary/aromatic N) is 2. The Hall–Kier alpha value is -2.49. The number of guanidine groups is 1. The van der Waals surface area contributed by atoms with E-state index in [1.54, 1.807) is 0 Å². The first-order valence-corrected chi connectivity index (χ1v) is 8.70. The Labute approximate surface area is 144 Å². The summed E-state index contributed by atoms with van der Waals surface area (Å²) in [5.41, 5.74) is 9.64. The molecule has 0 saturated carbocycles. The van der Waals surface area contributed by atoms with Crippen molar-refractivity contribution in [3.8, 4) is 0 Å². The first-order chi connectivity index (χ1) is 11.7. The fourth-order valence-corrected chi connectivity index (χ4v) is 3.09. The first-order valence-electron chi connectivity index (χ1n) is 8.70. The standard InChI is InChI=1S/C20H26N4/c1-2-16-8-10-18(11-9-16)23-20(21)22-14-17-12-13-24(15-17)19-6-4-3-5-7-19/h3-11,17H,2,12-15H2,1H3,(H3,21,22,23). The minimum Gasteiger partial charge on any atom is -0.371 e. The molecule has 0 amide bonds. The molecule has 4 heteroatoms. The van der Waals surface area contributed by atoms with Gasteiger partial charge in [-0.3, -0.25) is 4.99 Å². The first kappa shape index (κ1) is 16.4. The number of para-hydroxylation sites is 1. The summed E-state index contributed by atoms with van der Waals surface area (Å²) in [5, 5.41) is 3.17. The molecule has 3 N–H and O–H groups in total. The molecular formula is C20H26N4. The maximum atomic E-state index is 6.03. The number of nitrogens with two attached hydrogens (primary N) is 1. The van der Waals surface area contributed by atoms with Crippen LogP contribution in [0.1, 0.15) is 18.9 Å².